The molecule has 0 saturated carbocycles. The quantitative estimate of drug-likeness (QED) is 0.472. The highest BCUT2D eigenvalue weighted by Gasteiger charge is 2.37. The molecule has 5 rings (SSSR count). The number of aromatic nitrogens is 1. The van der Waals surface area contributed by atoms with Crippen molar-refractivity contribution in [2.24, 2.45) is 0 Å². The number of benzene rings is 2. The smallest absolute Gasteiger partial charge is 0.335 e. The summed E-state index contributed by atoms with van der Waals surface area (Å²) in [5.74, 6) is -0.482. The van der Waals surface area contributed by atoms with Gasteiger partial charge in [-0.25, -0.2) is 9.69 Å². The van der Waals surface area contributed by atoms with Crippen LogP contribution in [-0.4, -0.2) is 29.2 Å². The number of aryl methyl sites for hydroxylation is 2. The number of rotatable bonds is 3. The Bertz CT molecular complexity index is 1420. The van der Waals surface area contributed by atoms with E-state index in [-0.39, 0.29) is 18.1 Å². The summed E-state index contributed by atoms with van der Waals surface area (Å²) < 4.78 is 12.8. The van der Waals surface area contributed by atoms with Gasteiger partial charge in [-0.15, -0.1) is 0 Å². The number of ether oxygens (including phenoxy) is 2. The van der Waals surface area contributed by atoms with Crippen LogP contribution >= 0.6 is 0 Å². The summed E-state index contributed by atoms with van der Waals surface area (Å²) in [7, 11) is 0. The molecule has 172 valence electrons. The average Bonchev–Trinajstić information content (AvgIpc) is 3.36. The molecule has 4 amide bonds. The summed E-state index contributed by atoms with van der Waals surface area (Å²) in [6.45, 7) is 8.10. The molecule has 0 bridgehead atoms. The van der Waals surface area contributed by atoms with Gasteiger partial charge < -0.3 is 14.0 Å². The van der Waals surface area contributed by atoms with Crippen molar-refractivity contribution in [1.82, 2.24) is 9.88 Å². The molecule has 1 saturated heterocycles. The van der Waals surface area contributed by atoms with Crippen LogP contribution in [0.5, 0.6) is 11.5 Å². The van der Waals surface area contributed by atoms with Crippen LogP contribution in [0.1, 0.15) is 28.1 Å². The van der Waals surface area contributed by atoms with Gasteiger partial charge in [0.1, 0.15) is 5.57 Å². The van der Waals surface area contributed by atoms with Crippen molar-refractivity contribution in [3.63, 3.8) is 0 Å². The highest BCUT2D eigenvalue weighted by atomic mass is 16.7. The van der Waals surface area contributed by atoms with Gasteiger partial charge in [-0.2, -0.15) is 0 Å². The predicted octanol–water partition coefficient (Wildman–Crippen LogP) is 4.11. The normalized spacial score (nSPS) is 16.4. The predicted molar refractivity (Wildman–Crippen MR) is 126 cm³/mol. The monoisotopic (exact) mass is 457 g/mol. The Morgan fingerprint density at radius 1 is 0.941 bits per heavy atom. The molecule has 8 nitrogen and oxygen atoms in total. The molecular weight excluding hydrogens is 434 g/mol. The maximum absolute atomic E-state index is 13.3. The van der Waals surface area contributed by atoms with Crippen LogP contribution in [0.2, 0.25) is 0 Å². The lowest BCUT2D eigenvalue weighted by atomic mass is 10.1. The number of barbiturate groups is 1. The minimum Gasteiger partial charge on any atom is -0.454 e. The van der Waals surface area contributed by atoms with Gasteiger partial charge in [-0.05, 0) is 74.7 Å². The van der Waals surface area contributed by atoms with Crippen LogP contribution < -0.4 is 19.7 Å². The van der Waals surface area contributed by atoms with Gasteiger partial charge in [-0.1, -0.05) is 12.1 Å². The van der Waals surface area contributed by atoms with E-state index in [2.05, 4.69) is 29.8 Å². The molecular formula is C26H23N3O5. The SMILES string of the molecule is Cc1cccc(-n2c(C)cc(/C=C3\C(=O)NC(=O)N(c4ccc5c(c4)OCO5)C3=O)c2C)c1C. The number of imide groups is 2. The van der Waals surface area contributed by atoms with Gasteiger partial charge in [0, 0.05) is 23.1 Å². The van der Waals surface area contributed by atoms with E-state index in [1.807, 2.05) is 32.0 Å². The van der Waals surface area contributed by atoms with Crippen molar-refractivity contribution in [3.05, 3.63) is 76.1 Å². The molecule has 1 aromatic heterocycles. The van der Waals surface area contributed by atoms with Crippen LogP contribution in [0.15, 0.2) is 48.0 Å². The van der Waals surface area contributed by atoms with Crippen molar-refractivity contribution in [3.8, 4) is 17.2 Å². The summed E-state index contributed by atoms with van der Waals surface area (Å²) in [5, 5.41) is 2.27. The first kappa shape index (κ1) is 21.5. The van der Waals surface area contributed by atoms with Crippen LogP contribution in [0, 0.1) is 27.7 Å². The second kappa shape index (κ2) is 7.91. The Labute approximate surface area is 196 Å². The van der Waals surface area contributed by atoms with Gasteiger partial charge in [0.05, 0.1) is 5.69 Å². The lowest BCUT2D eigenvalue weighted by molar-refractivity contribution is -0.122. The average molecular weight is 457 g/mol. The number of carbonyl (C=O) groups is 3. The fraction of sp³-hybridized carbons (Fsp3) is 0.192. The molecule has 3 heterocycles. The molecule has 0 spiro atoms. The lowest BCUT2D eigenvalue weighted by Gasteiger charge is -2.26. The summed E-state index contributed by atoms with van der Waals surface area (Å²) in [4.78, 5) is 39.5. The van der Waals surface area contributed by atoms with Gasteiger partial charge >= 0.3 is 6.03 Å². The third-order valence-electron chi connectivity index (χ3n) is 6.30. The molecule has 3 aromatic rings. The van der Waals surface area contributed by atoms with Gasteiger partial charge in [0.2, 0.25) is 6.79 Å². The van der Waals surface area contributed by atoms with E-state index in [9.17, 15) is 14.4 Å². The van der Waals surface area contributed by atoms with Gasteiger partial charge in [0.15, 0.2) is 11.5 Å². The largest absolute Gasteiger partial charge is 0.454 e. The molecule has 1 N–H and O–H groups in total. The molecule has 0 radical (unpaired) electrons. The standard InChI is InChI=1S/C26H23N3O5/c1-14-6-5-7-21(16(14)3)28-15(2)10-18(17(28)4)11-20-24(30)27-26(32)29(25(20)31)19-8-9-22-23(12-19)34-13-33-22/h5-12H,13H2,1-4H3,(H,27,30,32)/b20-11+. The second-order valence-electron chi connectivity index (χ2n) is 8.38. The first-order valence-corrected chi connectivity index (χ1v) is 10.8. The summed E-state index contributed by atoms with van der Waals surface area (Å²) in [6, 6.07) is 11.9. The number of anilines is 1. The Morgan fingerprint density at radius 3 is 2.50 bits per heavy atom. The minimum absolute atomic E-state index is 0.0681. The third-order valence-corrected chi connectivity index (χ3v) is 6.30. The molecule has 0 atom stereocenters. The summed E-state index contributed by atoms with van der Waals surface area (Å²) >= 11 is 0. The zero-order chi connectivity index (χ0) is 24.1. The van der Waals surface area contributed by atoms with Crippen molar-refractivity contribution in [1.29, 1.82) is 0 Å². The first-order chi connectivity index (χ1) is 16.3. The zero-order valence-corrected chi connectivity index (χ0v) is 19.3. The van der Waals surface area contributed by atoms with E-state index in [1.54, 1.807) is 18.2 Å². The number of nitrogens with zero attached hydrogens (tertiary/aromatic N) is 2. The van der Waals surface area contributed by atoms with Crippen LogP contribution in [0.4, 0.5) is 10.5 Å². The maximum atomic E-state index is 13.3. The first-order valence-electron chi connectivity index (χ1n) is 10.8. The highest BCUT2D eigenvalue weighted by molar-refractivity contribution is 6.39. The van der Waals surface area contributed by atoms with Crippen molar-refractivity contribution < 1.29 is 23.9 Å². The molecule has 2 aliphatic rings. The fourth-order valence-electron chi connectivity index (χ4n) is 4.35. The second-order valence-corrected chi connectivity index (χ2v) is 8.38. The Morgan fingerprint density at radius 2 is 1.71 bits per heavy atom. The van der Waals surface area contributed by atoms with E-state index < -0.39 is 17.8 Å². The molecule has 2 aliphatic heterocycles. The highest BCUT2D eigenvalue weighted by Crippen LogP contribution is 2.36. The van der Waals surface area contributed by atoms with E-state index >= 15 is 0 Å². The van der Waals surface area contributed by atoms with E-state index in [0.717, 1.165) is 33.1 Å². The van der Waals surface area contributed by atoms with Gasteiger partial charge in [0.25, 0.3) is 11.8 Å². The number of carbonyl (C=O) groups excluding carboxylic acids is 3. The van der Waals surface area contributed by atoms with Gasteiger partial charge in [-0.3, -0.25) is 14.9 Å². The van der Waals surface area contributed by atoms with Crippen molar-refractivity contribution >= 4 is 29.6 Å². The minimum atomic E-state index is -0.813. The molecule has 2 aromatic carbocycles. The molecule has 0 aliphatic carbocycles. The lowest BCUT2D eigenvalue weighted by Crippen LogP contribution is -2.54. The number of hydrogen-bond acceptors (Lipinski definition) is 5. The Hall–Kier alpha value is -4.33. The topological polar surface area (TPSA) is 89.9 Å². The molecule has 1 fully saturated rings. The van der Waals surface area contributed by atoms with E-state index in [4.69, 9.17) is 9.47 Å². The number of amides is 4. The number of hydrogen-bond donors (Lipinski definition) is 1. The molecule has 8 heteroatoms. The van der Waals surface area contributed by atoms with Crippen molar-refractivity contribution in [2.45, 2.75) is 27.7 Å². The number of fused-ring (bicyclic) bond motifs is 1. The summed E-state index contributed by atoms with van der Waals surface area (Å²) in [6.07, 6.45) is 1.54. The zero-order valence-electron chi connectivity index (χ0n) is 19.3. The summed E-state index contributed by atoms with van der Waals surface area (Å²) in [5.41, 5.74) is 6.08. The number of nitrogens with one attached hydrogen (secondary N) is 1. The van der Waals surface area contributed by atoms with Crippen LogP contribution in [0.3, 0.4) is 0 Å². The molecule has 0 unspecified atom stereocenters. The van der Waals surface area contributed by atoms with E-state index in [1.165, 1.54) is 11.6 Å². The van der Waals surface area contributed by atoms with Crippen LogP contribution in [-0.2, 0) is 9.59 Å². The Balaban J connectivity index is 1.56. The number of urea groups is 1. The van der Waals surface area contributed by atoms with Crippen molar-refractivity contribution in [2.75, 3.05) is 11.7 Å². The maximum Gasteiger partial charge on any atom is 0.335 e. The van der Waals surface area contributed by atoms with E-state index in [0.29, 0.717) is 11.5 Å². The van der Waals surface area contributed by atoms with Crippen LogP contribution in [0.25, 0.3) is 11.8 Å². The Kier molecular flexibility index (Phi) is 5.01. The third kappa shape index (κ3) is 3.35. The molecule has 34 heavy (non-hydrogen) atoms. The fourth-order valence-corrected chi connectivity index (χ4v) is 4.35.